The number of H-pyrrole nitrogens is 1. The zero-order valence-electron chi connectivity index (χ0n) is 10.4. The number of likely N-dealkylation sites (N-methyl/N-ethyl adjacent to an activating group) is 1. The molecule has 0 aliphatic rings. The Labute approximate surface area is 106 Å². The number of nitrogens with zero attached hydrogens (tertiary/aromatic N) is 1. The Morgan fingerprint density at radius 3 is 2.89 bits per heavy atom. The molecule has 1 aromatic heterocycles. The van der Waals surface area contributed by atoms with Crippen LogP contribution in [0.3, 0.4) is 0 Å². The van der Waals surface area contributed by atoms with E-state index in [1.807, 2.05) is 26.4 Å². The van der Waals surface area contributed by atoms with Gasteiger partial charge in [0.15, 0.2) is 0 Å². The number of fused-ring (bicyclic) bond motifs is 1. The second kappa shape index (κ2) is 5.57. The van der Waals surface area contributed by atoms with E-state index in [-0.39, 0.29) is 0 Å². The highest BCUT2D eigenvalue weighted by molar-refractivity contribution is 7.32. The molecule has 0 aliphatic carbocycles. The first kappa shape index (κ1) is 13.1. The predicted molar refractivity (Wildman–Crippen MR) is 72.4 cm³/mol. The number of benzene rings is 1. The van der Waals surface area contributed by atoms with Crippen LogP contribution in [0.2, 0.25) is 0 Å². The van der Waals surface area contributed by atoms with Crippen LogP contribution in [0.15, 0.2) is 24.4 Å². The van der Waals surface area contributed by atoms with Crippen LogP contribution in [0.1, 0.15) is 5.56 Å². The first-order valence-electron chi connectivity index (χ1n) is 5.72. The summed E-state index contributed by atoms with van der Waals surface area (Å²) in [7, 11) is 1.05. The van der Waals surface area contributed by atoms with Crippen molar-refractivity contribution < 1.29 is 14.0 Å². The maximum atomic E-state index is 10.9. The van der Waals surface area contributed by atoms with Gasteiger partial charge in [0.2, 0.25) is 0 Å². The van der Waals surface area contributed by atoms with E-state index in [0.29, 0.717) is 5.75 Å². The Morgan fingerprint density at radius 1 is 1.44 bits per heavy atom. The average Bonchev–Trinajstić information content (AvgIpc) is 2.70. The molecule has 2 N–H and O–H groups in total. The lowest BCUT2D eigenvalue weighted by atomic mass is 10.1. The summed E-state index contributed by atoms with van der Waals surface area (Å²) in [6.45, 7) is 0.912. The number of aromatic amines is 1. The summed E-state index contributed by atoms with van der Waals surface area (Å²) in [4.78, 5) is 14.2. The fraction of sp³-hybridized carbons (Fsp3) is 0.333. The maximum absolute atomic E-state index is 10.9. The normalized spacial score (nSPS) is 13.1. The molecule has 2 rings (SSSR count). The SMILES string of the molecule is CN(C)CCc1c[nH]c2cccc(O[PH](=O)O)c12. The van der Waals surface area contributed by atoms with E-state index < -0.39 is 8.25 Å². The highest BCUT2D eigenvalue weighted by atomic mass is 31.1. The minimum atomic E-state index is -2.98. The summed E-state index contributed by atoms with van der Waals surface area (Å²) in [6, 6.07) is 5.44. The van der Waals surface area contributed by atoms with Gasteiger partial charge in [0, 0.05) is 23.6 Å². The summed E-state index contributed by atoms with van der Waals surface area (Å²) in [5.41, 5.74) is 2.02. The molecule has 18 heavy (non-hydrogen) atoms. The van der Waals surface area contributed by atoms with Crippen LogP contribution in [0, 0.1) is 0 Å². The third-order valence-electron chi connectivity index (χ3n) is 2.77. The van der Waals surface area contributed by atoms with Crippen LogP contribution in [0.5, 0.6) is 5.75 Å². The quantitative estimate of drug-likeness (QED) is 0.814. The van der Waals surface area contributed by atoms with Crippen LogP contribution < -0.4 is 4.52 Å². The van der Waals surface area contributed by atoms with Gasteiger partial charge in [0.1, 0.15) is 5.75 Å². The van der Waals surface area contributed by atoms with Crippen LogP contribution in [-0.2, 0) is 11.0 Å². The molecule has 0 aliphatic heterocycles. The molecule has 6 heteroatoms. The van der Waals surface area contributed by atoms with Crippen LogP contribution in [0.4, 0.5) is 0 Å². The molecule has 0 saturated carbocycles. The van der Waals surface area contributed by atoms with Gasteiger partial charge < -0.3 is 19.3 Å². The second-order valence-electron chi connectivity index (χ2n) is 4.41. The number of aromatic nitrogens is 1. The lowest BCUT2D eigenvalue weighted by molar-refractivity contribution is 0.410. The number of rotatable bonds is 5. The van der Waals surface area contributed by atoms with E-state index in [1.54, 1.807) is 12.1 Å². The van der Waals surface area contributed by atoms with Crippen molar-refractivity contribution >= 4 is 19.2 Å². The summed E-state index contributed by atoms with van der Waals surface area (Å²) in [5, 5.41) is 0.895. The van der Waals surface area contributed by atoms with Crippen LogP contribution in [0.25, 0.3) is 10.9 Å². The molecule has 0 saturated heterocycles. The van der Waals surface area contributed by atoms with Crippen LogP contribution in [-0.4, -0.2) is 35.4 Å². The predicted octanol–water partition coefficient (Wildman–Crippen LogP) is 2.03. The summed E-state index contributed by atoms with van der Waals surface area (Å²) in [5.74, 6) is 0.467. The molecule has 0 spiro atoms. The molecule has 0 amide bonds. The minimum absolute atomic E-state index is 0.467. The topological polar surface area (TPSA) is 65.6 Å². The number of hydrogen-bond donors (Lipinski definition) is 2. The summed E-state index contributed by atoms with van der Waals surface area (Å²) >= 11 is 0. The van der Waals surface area contributed by atoms with E-state index in [0.717, 1.165) is 29.4 Å². The number of hydrogen-bond acceptors (Lipinski definition) is 3. The average molecular weight is 268 g/mol. The van der Waals surface area contributed by atoms with Gasteiger partial charge in [0.25, 0.3) is 0 Å². The maximum Gasteiger partial charge on any atom is 0.365 e. The van der Waals surface area contributed by atoms with Gasteiger partial charge in [-0.15, -0.1) is 0 Å². The molecular weight excluding hydrogens is 251 g/mol. The van der Waals surface area contributed by atoms with Crippen molar-refractivity contribution in [3.63, 3.8) is 0 Å². The first-order chi connectivity index (χ1) is 8.58. The standard InChI is InChI=1S/C12H17N2O3P/c1-14(2)7-6-9-8-13-10-4-3-5-11(12(9)10)17-18(15)16/h3-5,8,13,18H,6-7H2,1-2H3,(H,15,16). The van der Waals surface area contributed by atoms with Crippen molar-refractivity contribution in [1.82, 2.24) is 9.88 Å². The summed E-state index contributed by atoms with van der Waals surface area (Å²) < 4.78 is 15.9. The van der Waals surface area contributed by atoms with Gasteiger partial charge in [-0.05, 0) is 38.2 Å². The van der Waals surface area contributed by atoms with Gasteiger partial charge >= 0.3 is 8.25 Å². The van der Waals surface area contributed by atoms with Gasteiger partial charge in [-0.3, -0.25) is 0 Å². The van der Waals surface area contributed by atoms with Crippen molar-refractivity contribution in [1.29, 1.82) is 0 Å². The first-order valence-corrected chi connectivity index (χ1v) is 6.99. The minimum Gasteiger partial charge on any atom is -0.426 e. The third-order valence-corrected chi connectivity index (χ3v) is 3.17. The van der Waals surface area contributed by atoms with E-state index in [1.165, 1.54) is 0 Å². The molecule has 1 atom stereocenters. The van der Waals surface area contributed by atoms with Crippen molar-refractivity contribution in [2.75, 3.05) is 20.6 Å². The molecule has 1 heterocycles. The highest BCUT2D eigenvalue weighted by Crippen LogP contribution is 2.33. The molecule has 5 nitrogen and oxygen atoms in total. The van der Waals surface area contributed by atoms with E-state index in [2.05, 4.69) is 9.88 Å². The van der Waals surface area contributed by atoms with E-state index in [4.69, 9.17) is 9.42 Å². The Morgan fingerprint density at radius 2 is 2.22 bits per heavy atom. The van der Waals surface area contributed by atoms with Gasteiger partial charge in [-0.25, -0.2) is 4.57 Å². The van der Waals surface area contributed by atoms with Gasteiger partial charge in [0.05, 0.1) is 0 Å². The van der Waals surface area contributed by atoms with Crippen molar-refractivity contribution in [3.8, 4) is 5.75 Å². The molecule has 2 aromatic rings. The Hall–Kier alpha value is -1.29. The van der Waals surface area contributed by atoms with Crippen LogP contribution >= 0.6 is 8.25 Å². The third kappa shape index (κ3) is 2.93. The summed E-state index contributed by atoms with van der Waals surface area (Å²) in [6.07, 6.45) is 2.79. The van der Waals surface area contributed by atoms with Crippen molar-refractivity contribution in [2.45, 2.75) is 6.42 Å². The molecule has 1 aromatic carbocycles. The van der Waals surface area contributed by atoms with Gasteiger partial charge in [-0.2, -0.15) is 0 Å². The fourth-order valence-corrected chi connectivity index (χ4v) is 2.30. The molecule has 0 radical (unpaired) electrons. The zero-order chi connectivity index (χ0) is 13.1. The largest absolute Gasteiger partial charge is 0.426 e. The molecule has 0 bridgehead atoms. The smallest absolute Gasteiger partial charge is 0.365 e. The Balaban J connectivity index is 2.38. The molecule has 0 fully saturated rings. The van der Waals surface area contributed by atoms with Crippen molar-refractivity contribution in [3.05, 3.63) is 30.0 Å². The van der Waals surface area contributed by atoms with Crippen molar-refractivity contribution in [2.24, 2.45) is 0 Å². The molecular formula is C12H17N2O3P. The molecule has 98 valence electrons. The Bertz CT molecular complexity index is 565. The highest BCUT2D eigenvalue weighted by Gasteiger charge is 2.10. The molecule has 1 unspecified atom stereocenters. The second-order valence-corrected chi connectivity index (χ2v) is 5.15. The van der Waals surface area contributed by atoms with E-state index >= 15 is 0 Å². The van der Waals surface area contributed by atoms with Gasteiger partial charge in [-0.1, -0.05) is 6.07 Å². The fourth-order valence-electron chi connectivity index (χ4n) is 1.94. The lowest BCUT2D eigenvalue weighted by Crippen LogP contribution is -2.14. The van der Waals surface area contributed by atoms with E-state index in [9.17, 15) is 4.57 Å². The Kier molecular flexibility index (Phi) is 4.07. The monoisotopic (exact) mass is 268 g/mol. The lowest BCUT2D eigenvalue weighted by Gasteiger charge is -2.09. The zero-order valence-corrected chi connectivity index (χ0v) is 11.4. The number of nitrogens with one attached hydrogen (secondary N) is 1.